The molecule has 2 unspecified atom stereocenters. The highest BCUT2D eigenvalue weighted by molar-refractivity contribution is 5.81. The van der Waals surface area contributed by atoms with Gasteiger partial charge in [0.2, 0.25) is 0 Å². The van der Waals surface area contributed by atoms with Crippen molar-refractivity contribution in [1.29, 1.82) is 0 Å². The smallest absolute Gasteiger partial charge is 0.263 e. The van der Waals surface area contributed by atoms with Gasteiger partial charge < -0.3 is 5.11 Å². The molecule has 2 fully saturated rings. The van der Waals surface area contributed by atoms with E-state index in [-0.39, 0.29) is 30.2 Å². The molecule has 5 nitrogen and oxygen atoms in total. The van der Waals surface area contributed by atoms with Gasteiger partial charge in [0, 0.05) is 12.5 Å². The number of phenols is 1. The van der Waals surface area contributed by atoms with Crippen LogP contribution in [0.1, 0.15) is 35.4 Å². The first-order valence-corrected chi connectivity index (χ1v) is 10.2. The van der Waals surface area contributed by atoms with Crippen LogP contribution in [0.25, 0.3) is 0 Å². The topological polar surface area (TPSA) is 53.0 Å². The number of likely N-dealkylation sites (tertiary alicyclic amines) is 1. The quantitative estimate of drug-likeness (QED) is 0.856. The number of rotatable bonds is 4. The van der Waals surface area contributed by atoms with Crippen LogP contribution in [-0.2, 0) is 16.2 Å². The summed E-state index contributed by atoms with van der Waals surface area (Å²) in [5, 5.41) is 10.9. The van der Waals surface area contributed by atoms with E-state index >= 15 is 0 Å². The molecule has 0 aliphatic carbocycles. The van der Waals surface area contributed by atoms with Crippen LogP contribution in [0, 0.1) is 6.92 Å². The van der Waals surface area contributed by atoms with Crippen LogP contribution in [0.4, 0.5) is 4.39 Å². The van der Waals surface area contributed by atoms with Gasteiger partial charge in [-0.05, 0) is 49.6 Å². The average molecular weight is 398 g/mol. The SMILES string of the molecule is Cc1ccc(CN2OCCC(N3CCC(c4ccc(O)cc4)[C@H](F)C3)C2=O)cc1. The van der Waals surface area contributed by atoms with E-state index < -0.39 is 6.17 Å². The Morgan fingerprint density at radius 1 is 1.10 bits per heavy atom. The normalized spacial score (nSPS) is 25.9. The fraction of sp³-hybridized carbons (Fsp3) is 0.435. The second-order valence-corrected chi connectivity index (χ2v) is 8.00. The number of hydrogen-bond acceptors (Lipinski definition) is 4. The highest BCUT2D eigenvalue weighted by atomic mass is 19.1. The lowest BCUT2D eigenvalue weighted by Crippen LogP contribution is -2.56. The molecule has 6 heteroatoms. The molecule has 2 heterocycles. The second kappa shape index (κ2) is 8.51. The maximum Gasteiger partial charge on any atom is 0.263 e. The van der Waals surface area contributed by atoms with Gasteiger partial charge in [-0.1, -0.05) is 42.0 Å². The number of halogens is 1. The van der Waals surface area contributed by atoms with E-state index in [2.05, 4.69) is 0 Å². The maximum atomic E-state index is 15.0. The number of alkyl halides is 1. The van der Waals surface area contributed by atoms with Crippen molar-refractivity contribution in [2.24, 2.45) is 0 Å². The minimum Gasteiger partial charge on any atom is -0.508 e. The number of aromatic hydroxyl groups is 1. The lowest BCUT2D eigenvalue weighted by molar-refractivity contribution is -0.212. The summed E-state index contributed by atoms with van der Waals surface area (Å²) in [6.45, 7) is 3.79. The molecule has 154 valence electrons. The van der Waals surface area contributed by atoms with Crippen molar-refractivity contribution >= 4 is 5.91 Å². The van der Waals surface area contributed by atoms with Gasteiger partial charge in [0.05, 0.1) is 19.2 Å². The number of amides is 1. The van der Waals surface area contributed by atoms with Crippen LogP contribution in [-0.4, -0.2) is 52.9 Å². The third-order valence-electron chi connectivity index (χ3n) is 5.95. The fourth-order valence-electron chi connectivity index (χ4n) is 4.26. The van der Waals surface area contributed by atoms with Gasteiger partial charge in [0.25, 0.3) is 5.91 Å². The van der Waals surface area contributed by atoms with E-state index in [9.17, 15) is 14.3 Å². The Balaban J connectivity index is 1.40. The molecule has 4 rings (SSSR count). The Kier molecular flexibility index (Phi) is 5.83. The lowest BCUT2D eigenvalue weighted by Gasteiger charge is -2.42. The molecule has 0 saturated carbocycles. The van der Waals surface area contributed by atoms with E-state index in [1.165, 1.54) is 10.6 Å². The van der Waals surface area contributed by atoms with E-state index in [4.69, 9.17) is 4.84 Å². The summed E-state index contributed by atoms with van der Waals surface area (Å²) >= 11 is 0. The molecule has 1 amide bonds. The van der Waals surface area contributed by atoms with Gasteiger partial charge in [0.1, 0.15) is 11.9 Å². The Labute approximate surface area is 170 Å². The van der Waals surface area contributed by atoms with Crippen LogP contribution in [0.3, 0.4) is 0 Å². The average Bonchev–Trinajstić information content (AvgIpc) is 2.72. The summed E-state index contributed by atoms with van der Waals surface area (Å²) in [5.41, 5.74) is 3.08. The molecule has 1 N–H and O–H groups in total. The Morgan fingerprint density at radius 3 is 2.52 bits per heavy atom. The third-order valence-corrected chi connectivity index (χ3v) is 5.95. The molecule has 2 aromatic carbocycles. The third kappa shape index (κ3) is 4.43. The van der Waals surface area contributed by atoms with Crippen molar-refractivity contribution in [3.8, 4) is 5.75 Å². The molecule has 2 aromatic rings. The number of carbonyl (C=O) groups is 1. The summed E-state index contributed by atoms with van der Waals surface area (Å²) in [6.07, 6.45) is 0.184. The monoisotopic (exact) mass is 398 g/mol. The fourth-order valence-corrected chi connectivity index (χ4v) is 4.26. The van der Waals surface area contributed by atoms with Crippen molar-refractivity contribution in [2.75, 3.05) is 19.7 Å². The lowest BCUT2D eigenvalue weighted by atomic mass is 9.87. The van der Waals surface area contributed by atoms with Crippen LogP contribution in [0.15, 0.2) is 48.5 Å². The first-order valence-electron chi connectivity index (χ1n) is 10.2. The standard InChI is InChI=1S/C23H27FN2O3/c1-16-2-4-17(5-3-16)14-26-23(28)22(11-13-29-26)25-12-10-20(21(24)15-25)18-6-8-19(27)9-7-18/h2-9,20-22,27H,10-15H2,1H3/t20?,21-,22?/m1/s1. The minimum absolute atomic E-state index is 0.0906. The van der Waals surface area contributed by atoms with E-state index in [1.807, 2.05) is 36.1 Å². The van der Waals surface area contributed by atoms with Crippen molar-refractivity contribution < 1.29 is 19.1 Å². The van der Waals surface area contributed by atoms with Gasteiger partial charge in [-0.3, -0.25) is 14.5 Å². The number of hydroxylamine groups is 2. The molecule has 2 aliphatic rings. The molecule has 29 heavy (non-hydrogen) atoms. The number of carbonyl (C=O) groups excluding carboxylic acids is 1. The number of benzene rings is 2. The molecule has 2 saturated heterocycles. The number of nitrogens with zero attached hydrogens (tertiary/aromatic N) is 2. The second-order valence-electron chi connectivity index (χ2n) is 8.00. The Bertz CT molecular complexity index is 840. The van der Waals surface area contributed by atoms with Gasteiger partial charge in [-0.25, -0.2) is 9.45 Å². The van der Waals surface area contributed by atoms with Crippen LogP contribution in [0.2, 0.25) is 0 Å². The van der Waals surface area contributed by atoms with Gasteiger partial charge in [0.15, 0.2) is 0 Å². The summed E-state index contributed by atoms with van der Waals surface area (Å²) in [5.74, 6) is -0.111. The predicted molar refractivity (Wildman–Crippen MR) is 108 cm³/mol. The molecule has 0 bridgehead atoms. The largest absolute Gasteiger partial charge is 0.508 e. The summed E-state index contributed by atoms with van der Waals surface area (Å²) in [6, 6.07) is 14.4. The van der Waals surface area contributed by atoms with Crippen molar-refractivity contribution in [2.45, 2.75) is 44.4 Å². The van der Waals surface area contributed by atoms with Gasteiger partial charge >= 0.3 is 0 Å². The summed E-state index contributed by atoms with van der Waals surface area (Å²) < 4.78 is 15.0. The van der Waals surface area contributed by atoms with E-state index in [0.29, 0.717) is 32.5 Å². The summed E-state index contributed by atoms with van der Waals surface area (Å²) in [7, 11) is 0. The van der Waals surface area contributed by atoms with Gasteiger partial charge in [-0.15, -0.1) is 0 Å². The van der Waals surface area contributed by atoms with Crippen LogP contribution < -0.4 is 0 Å². The molecular formula is C23H27FN2O3. The number of piperidine rings is 1. The highest BCUT2D eigenvalue weighted by Crippen LogP contribution is 2.33. The molecular weight excluding hydrogens is 371 g/mol. The van der Waals surface area contributed by atoms with Crippen molar-refractivity contribution in [3.63, 3.8) is 0 Å². The van der Waals surface area contributed by atoms with Gasteiger partial charge in [-0.2, -0.15) is 0 Å². The number of hydrogen-bond donors (Lipinski definition) is 1. The van der Waals surface area contributed by atoms with E-state index in [0.717, 1.165) is 11.1 Å². The zero-order chi connectivity index (χ0) is 20.4. The first kappa shape index (κ1) is 19.9. The Morgan fingerprint density at radius 2 is 1.83 bits per heavy atom. The van der Waals surface area contributed by atoms with Crippen LogP contribution >= 0.6 is 0 Å². The molecule has 0 spiro atoms. The zero-order valence-electron chi connectivity index (χ0n) is 16.6. The first-order chi connectivity index (χ1) is 14.0. The molecule has 0 radical (unpaired) electrons. The zero-order valence-corrected chi connectivity index (χ0v) is 16.6. The molecule has 0 aromatic heterocycles. The number of phenolic OH excluding ortho intramolecular Hbond substituents is 1. The van der Waals surface area contributed by atoms with Crippen molar-refractivity contribution in [3.05, 3.63) is 65.2 Å². The predicted octanol–water partition coefficient (Wildman–Crippen LogP) is 3.56. The van der Waals surface area contributed by atoms with E-state index in [1.54, 1.807) is 24.3 Å². The Hall–Kier alpha value is -2.44. The molecule has 2 aliphatic heterocycles. The van der Waals surface area contributed by atoms with Crippen LogP contribution in [0.5, 0.6) is 5.75 Å². The minimum atomic E-state index is -1.05. The molecule has 3 atom stereocenters. The highest BCUT2D eigenvalue weighted by Gasteiger charge is 2.39. The number of aryl methyl sites for hydroxylation is 1. The maximum absolute atomic E-state index is 15.0. The summed E-state index contributed by atoms with van der Waals surface area (Å²) in [4.78, 5) is 20.6. The van der Waals surface area contributed by atoms with Crippen molar-refractivity contribution in [1.82, 2.24) is 9.96 Å².